The molecule has 0 saturated carbocycles. The number of hydrogen-bond donors (Lipinski definition) is 1. The van der Waals surface area contributed by atoms with Crippen molar-refractivity contribution >= 4 is 14.1 Å². The van der Waals surface area contributed by atoms with Crippen LogP contribution in [0.2, 0.25) is 18.1 Å². The van der Waals surface area contributed by atoms with Gasteiger partial charge in [0.05, 0.1) is 0 Å². The summed E-state index contributed by atoms with van der Waals surface area (Å²) in [4.78, 5) is 20.5. The predicted octanol–water partition coefficient (Wildman–Crippen LogP) is 2.34. The molecular weight excluding hydrogens is 192 g/mol. The topological polar surface area (TPSA) is 37.3 Å². The molecule has 0 atom stereocenters. The van der Waals surface area contributed by atoms with Crippen LogP contribution in [0.25, 0.3) is 0 Å². The van der Waals surface area contributed by atoms with Crippen molar-refractivity contribution in [2.75, 3.05) is 0 Å². The van der Waals surface area contributed by atoms with Crippen LogP contribution in [0.4, 0.5) is 0 Å². The van der Waals surface area contributed by atoms with E-state index in [1.54, 1.807) is 0 Å². The molecule has 0 spiro atoms. The largest absolute Gasteiger partial charge is 0.432 e. The van der Waals surface area contributed by atoms with Crippen LogP contribution in [0.15, 0.2) is 0 Å². The lowest BCUT2D eigenvalue weighted by Gasteiger charge is -2.34. The van der Waals surface area contributed by atoms with Crippen molar-refractivity contribution < 1.29 is 9.59 Å². The minimum absolute atomic E-state index is 0.0432. The summed E-state index contributed by atoms with van der Waals surface area (Å²) in [7, 11) is -2.11. The molecule has 14 heavy (non-hydrogen) atoms. The molecule has 1 N–H and O–H groups in total. The maximum absolute atomic E-state index is 10.6. The van der Waals surface area contributed by atoms with Gasteiger partial charge in [-0.15, -0.1) is 0 Å². The van der Waals surface area contributed by atoms with Gasteiger partial charge in [-0.05, 0) is 30.5 Å². The maximum Gasteiger partial charge on any atom is 0.202 e. The Hall–Kier alpha value is -0.593. The first kappa shape index (κ1) is 13.4. The molecule has 0 aromatic heterocycles. The molecule has 0 aliphatic heterocycles. The zero-order chi connectivity index (χ0) is 11.4. The van der Waals surface area contributed by atoms with Gasteiger partial charge in [0, 0.05) is 13.3 Å². The standard InChI is InChI=1S/C11H20O2Si/c1-10(12)8-6-7-9-11(2,3)14(4,5)13/h13H,7,9H2,1-5H3. The molecule has 80 valence electrons. The van der Waals surface area contributed by atoms with Crippen molar-refractivity contribution in [3.63, 3.8) is 0 Å². The predicted molar refractivity (Wildman–Crippen MR) is 61.4 cm³/mol. The zero-order valence-corrected chi connectivity index (χ0v) is 10.8. The Balaban J connectivity index is 4.16. The van der Waals surface area contributed by atoms with Crippen LogP contribution in [0.1, 0.15) is 33.6 Å². The molecule has 0 fully saturated rings. The molecule has 0 aliphatic carbocycles. The third-order valence-electron chi connectivity index (χ3n) is 2.80. The summed E-state index contributed by atoms with van der Waals surface area (Å²) in [6.45, 7) is 9.46. The van der Waals surface area contributed by atoms with Gasteiger partial charge in [0.25, 0.3) is 0 Å². The Morgan fingerprint density at radius 3 is 2.29 bits per heavy atom. The lowest BCUT2D eigenvalue weighted by molar-refractivity contribution is -0.111. The lowest BCUT2D eigenvalue weighted by Crippen LogP contribution is -2.38. The van der Waals surface area contributed by atoms with Crippen LogP contribution >= 0.6 is 0 Å². The Kier molecular flexibility index (Phi) is 4.56. The van der Waals surface area contributed by atoms with Crippen molar-refractivity contribution in [1.29, 1.82) is 0 Å². The van der Waals surface area contributed by atoms with Gasteiger partial charge in [0.15, 0.2) is 8.32 Å². The molecule has 0 heterocycles. The van der Waals surface area contributed by atoms with Gasteiger partial charge in [-0.3, -0.25) is 4.79 Å². The van der Waals surface area contributed by atoms with Gasteiger partial charge in [-0.2, -0.15) is 0 Å². The van der Waals surface area contributed by atoms with Crippen LogP contribution in [0.3, 0.4) is 0 Å². The Morgan fingerprint density at radius 1 is 1.43 bits per heavy atom. The smallest absolute Gasteiger partial charge is 0.202 e. The van der Waals surface area contributed by atoms with E-state index in [4.69, 9.17) is 0 Å². The Bertz CT molecular complexity index is 263. The van der Waals surface area contributed by atoms with E-state index in [-0.39, 0.29) is 10.8 Å². The van der Waals surface area contributed by atoms with Crippen LogP contribution in [-0.4, -0.2) is 18.9 Å². The fraction of sp³-hybridized carbons (Fsp3) is 0.727. The van der Waals surface area contributed by atoms with E-state index in [2.05, 4.69) is 25.7 Å². The Labute approximate surface area is 87.8 Å². The molecule has 3 heteroatoms. The monoisotopic (exact) mass is 212 g/mol. The summed E-state index contributed by atoms with van der Waals surface area (Å²) in [5.74, 6) is 5.24. The van der Waals surface area contributed by atoms with E-state index in [0.29, 0.717) is 6.42 Å². The molecule has 0 rings (SSSR count). The summed E-state index contributed by atoms with van der Waals surface area (Å²) in [6, 6.07) is 0. The quantitative estimate of drug-likeness (QED) is 0.443. The number of carbonyl (C=O) groups excluding carboxylic acids is 1. The molecule has 0 radical (unpaired) electrons. The van der Waals surface area contributed by atoms with Gasteiger partial charge < -0.3 is 4.80 Å². The summed E-state index contributed by atoms with van der Waals surface area (Å²) in [5.41, 5.74) is 0. The van der Waals surface area contributed by atoms with Crippen LogP contribution in [0.5, 0.6) is 0 Å². The van der Waals surface area contributed by atoms with Crippen LogP contribution < -0.4 is 0 Å². The summed E-state index contributed by atoms with van der Waals surface area (Å²) < 4.78 is 0. The molecule has 0 aromatic carbocycles. The second kappa shape index (κ2) is 4.76. The highest BCUT2D eigenvalue weighted by molar-refractivity contribution is 6.72. The highest BCUT2D eigenvalue weighted by Crippen LogP contribution is 2.39. The molecule has 0 bridgehead atoms. The van der Waals surface area contributed by atoms with Gasteiger partial charge in [-0.25, -0.2) is 0 Å². The van der Waals surface area contributed by atoms with E-state index in [1.165, 1.54) is 6.92 Å². The number of carbonyl (C=O) groups is 1. The van der Waals surface area contributed by atoms with Crippen molar-refractivity contribution in [2.24, 2.45) is 0 Å². The average Bonchev–Trinajstić information content (AvgIpc) is 1.95. The third-order valence-corrected chi connectivity index (χ3v) is 6.36. The molecule has 0 saturated heterocycles. The summed E-state index contributed by atoms with van der Waals surface area (Å²) in [5, 5.41) is -0.0432. The van der Waals surface area contributed by atoms with E-state index in [0.717, 1.165) is 6.42 Å². The van der Waals surface area contributed by atoms with Gasteiger partial charge in [0.2, 0.25) is 5.78 Å². The second-order valence-corrected chi connectivity index (χ2v) is 9.27. The first-order chi connectivity index (χ1) is 6.17. The number of hydrogen-bond acceptors (Lipinski definition) is 2. The molecular formula is C11H20O2Si. The molecule has 0 amide bonds. The lowest BCUT2D eigenvalue weighted by atomic mass is 10.1. The molecule has 0 aliphatic rings. The SMILES string of the molecule is CC(=O)C#CCCC(C)(C)[Si](C)(C)O. The zero-order valence-electron chi connectivity index (χ0n) is 9.77. The number of Topliss-reactive ketones (excluding diaryl/α,β-unsaturated/α-hetero) is 1. The van der Waals surface area contributed by atoms with Crippen LogP contribution in [-0.2, 0) is 4.79 Å². The van der Waals surface area contributed by atoms with Crippen molar-refractivity contribution in [1.82, 2.24) is 0 Å². The van der Waals surface area contributed by atoms with Gasteiger partial charge >= 0.3 is 0 Å². The minimum atomic E-state index is -2.11. The van der Waals surface area contributed by atoms with E-state index in [1.807, 2.05) is 13.1 Å². The van der Waals surface area contributed by atoms with Crippen molar-refractivity contribution in [3.8, 4) is 11.8 Å². The van der Waals surface area contributed by atoms with Crippen molar-refractivity contribution in [2.45, 2.75) is 51.7 Å². The third kappa shape index (κ3) is 4.59. The first-order valence-corrected chi connectivity index (χ1v) is 7.83. The minimum Gasteiger partial charge on any atom is -0.432 e. The normalized spacial score (nSPS) is 11.9. The van der Waals surface area contributed by atoms with Gasteiger partial charge in [0.1, 0.15) is 0 Å². The fourth-order valence-electron chi connectivity index (χ4n) is 0.868. The van der Waals surface area contributed by atoms with Crippen molar-refractivity contribution in [3.05, 3.63) is 0 Å². The average molecular weight is 212 g/mol. The van der Waals surface area contributed by atoms with E-state index in [9.17, 15) is 9.59 Å². The summed E-state index contributed by atoms with van der Waals surface area (Å²) in [6.07, 6.45) is 1.53. The second-order valence-electron chi connectivity index (χ2n) is 4.80. The summed E-state index contributed by atoms with van der Waals surface area (Å²) >= 11 is 0. The van der Waals surface area contributed by atoms with Crippen LogP contribution in [0, 0.1) is 11.8 Å². The van der Waals surface area contributed by atoms with Gasteiger partial charge in [-0.1, -0.05) is 19.8 Å². The fourth-order valence-corrected chi connectivity index (χ4v) is 1.60. The Morgan fingerprint density at radius 2 is 1.93 bits per heavy atom. The first-order valence-electron chi connectivity index (χ1n) is 4.88. The van der Waals surface area contributed by atoms with E-state index >= 15 is 0 Å². The molecule has 0 unspecified atom stereocenters. The maximum atomic E-state index is 10.6. The van der Waals surface area contributed by atoms with E-state index < -0.39 is 8.32 Å². The number of ketones is 1. The molecule has 0 aromatic rings. The highest BCUT2D eigenvalue weighted by Gasteiger charge is 2.37. The highest BCUT2D eigenvalue weighted by atomic mass is 28.4. The molecule has 2 nitrogen and oxygen atoms in total. The number of rotatable bonds is 3.